The molecule has 2 nitrogen and oxygen atoms in total. The molecule has 0 aromatic heterocycles. The van der Waals surface area contributed by atoms with Crippen LogP contribution in [0.2, 0.25) is 0 Å². The smallest absolute Gasteiger partial charge is 0.0625 e. The van der Waals surface area contributed by atoms with Crippen molar-refractivity contribution in [3.8, 4) is 6.07 Å². The molecule has 0 bridgehead atoms. The molecule has 80 valence electrons. The summed E-state index contributed by atoms with van der Waals surface area (Å²) in [5.41, 5.74) is 0.197. The van der Waals surface area contributed by atoms with E-state index in [0.717, 1.165) is 0 Å². The molecule has 1 heterocycles. The fourth-order valence-corrected chi connectivity index (χ4v) is 2.77. The van der Waals surface area contributed by atoms with Gasteiger partial charge >= 0.3 is 0 Å². The molecule has 0 aromatic carbocycles. The molecule has 0 radical (unpaired) electrons. The zero-order valence-corrected chi connectivity index (χ0v) is 9.88. The van der Waals surface area contributed by atoms with Crippen LogP contribution in [0.1, 0.15) is 47.0 Å². The summed E-state index contributed by atoms with van der Waals surface area (Å²) in [7, 11) is 0. The summed E-state index contributed by atoms with van der Waals surface area (Å²) in [5, 5.41) is 8.81. The van der Waals surface area contributed by atoms with E-state index < -0.39 is 0 Å². The van der Waals surface area contributed by atoms with Crippen molar-refractivity contribution in [2.24, 2.45) is 5.92 Å². The molecule has 1 atom stereocenters. The van der Waals surface area contributed by atoms with Crippen molar-refractivity contribution >= 4 is 0 Å². The van der Waals surface area contributed by atoms with Gasteiger partial charge in [0.25, 0.3) is 0 Å². The highest BCUT2D eigenvalue weighted by molar-refractivity contribution is 4.97. The second kappa shape index (κ2) is 4.31. The standard InChI is InChI=1S/C12H22N2/c1-10(2)14-9-5-6-11(7-8-13)12(14,3)4/h10-11H,5-7,9H2,1-4H3. The Morgan fingerprint density at radius 3 is 2.64 bits per heavy atom. The summed E-state index contributed by atoms with van der Waals surface area (Å²) in [6.07, 6.45) is 3.16. The minimum atomic E-state index is 0.197. The lowest BCUT2D eigenvalue weighted by Crippen LogP contribution is -2.55. The van der Waals surface area contributed by atoms with E-state index >= 15 is 0 Å². The molecule has 2 heteroatoms. The highest BCUT2D eigenvalue weighted by Crippen LogP contribution is 2.36. The predicted octanol–water partition coefficient (Wildman–Crippen LogP) is 2.80. The van der Waals surface area contributed by atoms with Crippen molar-refractivity contribution in [2.45, 2.75) is 58.5 Å². The molecule has 1 aliphatic heterocycles. The minimum absolute atomic E-state index is 0.197. The largest absolute Gasteiger partial charge is 0.296 e. The maximum atomic E-state index is 8.81. The van der Waals surface area contributed by atoms with E-state index in [9.17, 15) is 0 Å². The van der Waals surface area contributed by atoms with E-state index in [4.69, 9.17) is 5.26 Å². The van der Waals surface area contributed by atoms with Gasteiger partial charge < -0.3 is 0 Å². The fraction of sp³-hybridized carbons (Fsp3) is 0.917. The topological polar surface area (TPSA) is 27.0 Å². The van der Waals surface area contributed by atoms with Gasteiger partial charge in [-0.25, -0.2) is 0 Å². The van der Waals surface area contributed by atoms with E-state index in [1.54, 1.807) is 0 Å². The Hall–Kier alpha value is -0.550. The first-order chi connectivity index (χ1) is 6.50. The second-order valence-electron chi connectivity index (χ2n) is 5.14. The Morgan fingerprint density at radius 1 is 1.50 bits per heavy atom. The Labute approximate surface area is 87.9 Å². The van der Waals surface area contributed by atoms with Crippen LogP contribution in [0.3, 0.4) is 0 Å². The monoisotopic (exact) mass is 194 g/mol. The van der Waals surface area contributed by atoms with Crippen LogP contribution in [0, 0.1) is 17.2 Å². The van der Waals surface area contributed by atoms with Crippen LogP contribution in [0.5, 0.6) is 0 Å². The van der Waals surface area contributed by atoms with Crippen molar-refractivity contribution in [1.82, 2.24) is 4.90 Å². The molecule has 1 fully saturated rings. The minimum Gasteiger partial charge on any atom is -0.296 e. The van der Waals surface area contributed by atoms with Gasteiger partial charge in [-0.1, -0.05) is 0 Å². The molecule has 14 heavy (non-hydrogen) atoms. The van der Waals surface area contributed by atoms with Crippen molar-refractivity contribution in [3.05, 3.63) is 0 Å². The third-order valence-corrected chi connectivity index (χ3v) is 3.65. The third-order valence-electron chi connectivity index (χ3n) is 3.65. The van der Waals surface area contributed by atoms with Crippen molar-refractivity contribution in [2.75, 3.05) is 6.54 Å². The number of piperidine rings is 1. The van der Waals surface area contributed by atoms with E-state index in [-0.39, 0.29) is 5.54 Å². The summed E-state index contributed by atoms with van der Waals surface area (Å²) in [6, 6.07) is 2.92. The molecule has 1 rings (SSSR count). The van der Waals surface area contributed by atoms with Crippen molar-refractivity contribution < 1.29 is 0 Å². The predicted molar refractivity (Wildman–Crippen MR) is 58.9 cm³/mol. The fourth-order valence-electron chi connectivity index (χ4n) is 2.77. The molecule has 1 aliphatic rings. The summed E-state index contributed by atoms with van der Waals surface area (Å²) in [5.74, 6) is 0.545. The average Bonchev–Trinajstić information content (AvgIpc) is 2.07. The van der Waals surface area contributed by atoms with Crippen LogP contribution >= 0.6 is 0 Å². The van der Waals surface area contributed by atoms with Gasteiger partial charge in [0.1, 0.15) is 0 Å². The van der Waals surface area contributed by atoms with Crippen molar-refractivity contribution in [3.63, 3.8) is 0 Å². The molecule has 0 saturated carbocycles. The highest BCUT2D eigenvalue weighted by atomic mass is 15.2. The second-order valence-corrected chi connectivity index (χ2v) is 5.14. The zero-order valence-electron chi connectivity index (χ0n) is 9.88. The number of likely N-dealkylation sites (tertiary alicyclic amines) is 1. The van der Waals surface area contributed by atoms with Gasteiger partial charge in [-0.2, -0.15) is 5.26 Å². The van der Waals surface area contributed by atoms with E-state index in [1.807, 2.05) is 0 Å². The number of nitriles is 1. The van der Waals surface area contributed by atoms with Crippen molar-refractivity contribution in [1.29, 1.82) is 5.26 Å². The first-order valence-corrected chi connectivity index (χ1v) is 5.64. The lowest BCUT2D eigenvalue weighted by atomic mass is 9.77. The molecule has 0 amide bonds. The van der Waals surface area contributed by atoms with Crippen LogP contribution in [-0.4, -0.2) is 23.0 Å². The van der Waals surface area contributed by atoms with Gasteiger partial charge in [-0.3, -0.25) is 4.90 Å². The molecular formula is C12H22N2. The van der Waals surface area contributed by atoms with Gasteiger partial charge in [-0.05, 0) is 53.0 Å². The average molecular weight is 194 g/mol. The van der Waals surface area contributed by atoms with E-state index in [1.165, 1.54) is 19.4 Å². The first-order valence-electron chi connectivity index (χ1n) is 5.64. The summed E-state index contributed by atoms with van der Waals surface area (Å²) < 4.78 is 0. The van der Waals surface area contributed by atoms with Crippen LogP contribution < -0.4 is 0 Å². The normalized spacial score (nSPS) is 27.6. The molecule has 0 spiro atoms. The van der Waals surface area contributed by atoms with Gasteiger partial charge in [-0.15, -0.1) is 0 Å². The Morgan fingerprint density at radius 2 is 2.14 bits per heavy atom. The number of nitrogens with zero attached hydrogens (tertiary/aromatic N) is 2. The maximum absolute atomic E-state index is 8.81. The van der Waals surface area contributed by atoms with Crippen LogP contribution in [-0.2, 0) is 0 Å². The molecular weight excluding hydrogens is 172 g/mol. The zero-order chi connectivity index (χ0) is 10.8. The van der Waals surface area contributed by atoms with Gasteiger partial charge in [0.2, 0.25) is 0 Å². The molecule has 1 unspecified atom stereocenters. The first kappa shape index (κ1) is 11.5. The highest BCUT2D eigenvalue weighted by Gasteiger charge is 2.39. The maximum Gasteiger partial charge on any atom is 0.0625 e. The molecule has 1 saturated heterocycles. The molecule has 0 aromatic rings. The summed E-state index contributed by atoms with van der Waals surface area (Å²) in [6.45, 7) is 10.3. The van der Waals surface area contributed by atoms with Crippen LogP contribution in [0.4, 0.5) is 0 Å². The summed E-state index contributed by atoms with van der Waals surface area (Å²) in [4.78, 5) is 2.54. The van der Waals surface area contributed by atoms with Crippen LogP contribution in [0.25, 0.3) is 0 Å². The van der Waals surface area contributed by atoms with Gasteiger partial charge in [0.15, 0.2) is 0 Å². The van der Waals surface area contributed by atoms with Gasteiger partial charge in [0.05, 0.1) is 6.07 Å². The third kappa shape index (κ3) is 2.09. The Kier molecular flexibility index (Phi) is 3.55. The molecule has 0 N–H and O–H groups in total. The van der Waals surface area contributed by atoms with E-state index in [0.29, 0.717) is 18.4 Å². The Balaban J connectivity index is 2.77. The van der Waals surface area contributed by atoms with Crippen LogP contribution in [0.15, 0.2) is 0 Å². The lowest BCUT2D eigenvalue weighted by molar-refractivity contribution is -0.000144. The Bertz CT molecular complexity index is 225. The molecule has 0 aliphatic carbocycles. The SMILES string of the molecule is CC(C)N1CCCC(CC#N)C1(C)C. The van der Waals surface area contributed by atoms with E-state index in [2.05, 4.69) is 38.7 Å². The number of rotatable bonds is 2. The number of hydrogen-bond donors (Lipinski definition) is 0. The number of hydrogen-bond acceptors (Lipinski definition) is 2. The quantitative estimate of drug-likeness (QED) is 0.676. The summed E-state index contributed by atoms with van der Waals surface area (Å²) >= 11 is 0. The van der Waals surface area contributed by atoms with Gasteiger partial charge in [0, 0.05) is 18.0 Å². The lowest BCUT2D eigenvalue weighted by Gasteiger charge is -2.49.